The van der Waals surface area contributed by atoms with Gasteiger partial charge >= 0.3 is 0 Å². The van der Waals surface area contributed by atoms with Crippen molar-refractivity contribution in [3.63, 3.8) is 0 Å². The summed E-state index contributed by atoms with van der Waals surface area (Å²) in [5.41, 5.74) is 1.05. The Morgan fingerprint density at radius 2 is 1.83 bits per heavy atom. The second-order valence-corrected chi connectivity index (χ2v) is 9.11. The SMILES string of the molecule is COc1ccc(NC(=O)[C@@H]2CCCN(S(=O)(=O)Cc3ccc(F)cc3)C2)cc1OC. The largest absolute Gasteiger partial charge is 0.493 e. The fourth-order valence-electron chi connectivity index (χ4n) is 3.45. The highest BCUT2D eigenvalue weighted by Gasteiger charge is 2.32. The van der Waals surface area contributed by atoms with Crippen LogP contribution in [-0.2, 0) is 20.6 Å². The lowest BCUT2D eigenvalue weighted by Gasteiger charge is -2.31. The predicted molar refractivity (Wildman–Crippen MR) is 111 cm³/mol. The predicted octanol–water partition coefficient (Wildman–Crippen LogP) is 3.02. The molecule has 1 heterocycles. The van der Waals surface area contributed by atoms with Crippen LogP contribution < -0.4 is 14.8 Å². The molecule has 30 heavy (non-hydrogen) atoms. The van der Waals surface area contributed by atoms with Gasteiger partial charge in [0.15, 0.2) is 11.5 Å². The number of carbonyl (C=O) groups is 1. The van der Waals surface area contributed by atoms with Gasteiger partial charge < -0.3 is 14.8 Å². The van der Waals surface area contributed by atoms with Crippen molar-refractivity contribution in [3.8, 4) is 11.5 Å². The van der Waals surface area contributed by atoms with Crippen LogP contribution in [0.4, 0.5) is 10.1 Å². The normalized spacial score (nSPS) is 17.4. The molecule has 2 aromatic carbocycles. The summed E-state index contributed by atoms with van der Waals surface area (Å²) in [5.74, 6) is -0.314. The van der Waals surface area contributed by atoms with Crippen LogP contribution in [-0.4, -0.2) is 45.9 Å². The van der Waals surface area contributed by atoms with E-state index in [-0.39, 0.29) is 18.2 Å². The van der Waals surface area contributed by atoms with Gasteiger partial charge in [0, 0.05) is 24.8 Å². The average molecular weight is 437 g/mol. The summed E-state index contributed by atoms with van der Waals surface area (Å²) in [4.78, 5) is 12.7. The first-order valence-corrected chi connectivity index (χ1v) is 11.2. The van der Waals surface area contributed by atoms with Gasteiger partial charge in [-0.15, -0.1) is 0 Å². The molecule has 9 heteroatoms. The van der Waals surface area contributed by atoms with E-state index >= 15 is 0 Å². The molecule has 3 rings (SSSR count). The molecule has 0 bridgehead atoms. The first-order valence-electron chi connectivity index (χ1n) is 9.57. The number of anilines is 1. The van der Waals surface area contributed by atoms with Crippen LogP contribution in [0.5, 0.6) is 11.5 Å². The number of methoxy groups -OCH3 is 2. The summed E-state index contributed by atoms with van der Waals surface area (Å²) in [5, 5.41) is 2.83. The zero-order valence-corrected chi connectivity index (χ0v) is 17.7. The van der Waals surface area contributed by atoms with Crippen molar-refractivity contribution in [2.75, 3.05) is 32.6 Å². The van der Waals surface area contributed by atoms with Crippen molar-refractivity contribution in [2.24, 2.45) is 5.92 Å². The Labute approximate surface area is 175 Å². The maximum absolute atomic E-state index is 13.1. The molecule has 1 aliphatic rings. The van der Waals surface area contributed by atoms with Gasteiger partial charge in [0.1, 0.15) is 5.82 Å². The lowest BCUT2D eigenvalue weighted by atomic mass is 9.98. The molecular formula is C21H25FN2O5S. The van der Waals surface area contributed by atoms with Crippen molar-refractivity contribution in [3.05, 3.63) is 53.8 Å². The Kier molecular flexibility index (Phi) is 6.94. The zero-order valence-electron chi connectivity index (χ0n) is 16.9. The van der Waals surface area contributed by atoms with Gasteiger partial charge in [0.05, 0.1) is 25.9 Å². The number of piperidine rings is 1. The van der Waals surface area contributed by atoms with E-state index in [4.69, 9.17) is 9.47 Å². The van der Waals surface area contributed by atoms with Crippen molar-refractivity contribution in [1.29, 1.82) is 0 Å². The third-order valence-corrected chi connectivity index (χ3v) is 6.88. The van der Waals surface area contributed by atoms with E-state index in [0.717, 1.165) is 0 Å². The Balaban J connectivity index is 1.66. The van der Waals surface area contributed by atoms with E-state index in [1.165, 1.54) is 42.8 Å². The molecule has 162 valence electrons. The molecule has 2 aromatic rings. The lowest BCUT2D eigenvalue weighted by Crippen LogP contribution is -2.44. The van der Waals surface area contributed by atoms with E-state index in [9.17, 15) is 17.6 Å². The van der Waals surface area contributed by atoms with Gasteiger partial charge in [0.2, 0.25) is 15.9 Å². The molecule has 1 aliphatic heterocycles. The van der Waals surface area contributed by atoms with Gasteiger partial charge in [-0.25, -0.2) is 17.1 Å². The topological polar surface area (TPSA) is 84.9 Å². The minimum Gasteiger partial charge on any atom is -0.493 e. The van der Waals surface area contributed by atoms with Crippen LogP contribution >= 0.6 is 0 Å². The summed E-state index contributed by atoms with van der Waals surface area (Å²) >= 11 is 0. The number of hydrogen-bond donors (Lipinski definition) is 1. The van der Waals surface area contributed by atoms with Crippen LogP contribution in [0.15, 0.2) is 42.5 Å². The van der Waals surface area contributed by atoms with E-state index < -0.39 is 21.8 Å². The Hall–Kier alpha value is -2.65. The number of benzene rings is 2. The van der Waals surface area contributed by atoms with E-state index in [1.807, 2.05) is 0 Å². The number of amides is 1. The van der Waals surface area contributed by atoms with E-state index in [2.05, 4.69) is 5.32 Å². The highest BCUT2D eigenvalue weighted by Crippen LogP contribution is 2.30. The Morgan fingerprint density at radius 1 is 1.13 bits per heavy atom. The van der Waals surface area contributed by atoms with Crippen LogP contribution in [0, 0.1) is 11.7 Å². The molecule has 0 spiro atoms. The van der Waals surface area contributed by atoms with Crippen molar-refractivity contribution in [1.82, 2.24) is 4.31 Å². The molecule has 0 aliphatic carbocycles. The van der Waals surface area contributed by atoms with Gasteiger partial charge in [-0.05, 0) is 42.7 Å². The molecule has 7 nitrogen and oxygen atoms in total. The second-order valence-electron chi connectivity index (χ2n) is 7.14. The van der Waals surface area contributed by atoms with E-state index in [0.29, 0.717) is 42.1 Å². The quantitative estimate of drug-likeness (QED) is 0.721. The summed E-state index contributed by atoms with van der Waals surface area (Å²) in [7, 11) is -0.579. The van der Waals surface area contributed by atoms with Gasteiger partial charge in [-0.1, -0.05) is 12.1 Å². The van der Waals surface area contributed by atoms with Gasteiger partial charge in [-0.3, -0.25) is 4.79 Å². The van der Waals surface area contributed by atoms with Crippen LogP contribution in [0.3, 0.4) is 0 Å². The minimum atomic E-state index is -3.61. The second kappa shape index (κ2) is 9.44. The summed E-state index contributed by atoms with van der Waals surface area (Å²) in [6.45, 7) is 0.478. The molecule has 1 amide bonds. The molecule has 0 aromatic heterocycles. The maximum Gasteiger partial charge on any atom is 0.228 e. The van der Waals surface area contributed by atoms with Crippen molar-refractivity contribution < 1.29 is 27.1 Å². The van der Waals surface area contributed by atoms with Crippen LogP contribution in [0.1, 0.15) is 18.4 Å². The fourth-order valence-corrected chi connectivity index (χ4v) is 5.06. The minimum absolute atomic E-state index is 0.114. The molecule has 1 atom stereocenters. The first-order chi connectivity index (χ1) is 14.3. The number of sulfonamides is 1. The number of nitrogens with zero attached hydrogens (tertiary/aromatic N) is 1. The number of carbonyl (C=O) groups excluding carboxylic acids is 1. The number of nitrogens with one attached hydrogen (secondary N) is 1. The van der Waals surface area contributed by atoms with Crippen LogP contribution in [0.25, 0.3) is 0 Å². The molecule has 0 unspecified atom stereocenters. The highest BCUT2D eigenvalue weighted by atomic mass is 32.2. The third kappa shape index (κ3) is 5.28. The standard InChI is InChI=1S/C21H25FN2O5S/c1-28-19-10-9-18(12-20(19)29-2)23-21(25)16-4-3-11-24(13-16)30(26,27)14-15-5-7-17(22)8-6-15/h5-10,12,16H,3-4,11,13-14H2,1-2H3,(H,23,25)/t16-/m1/s1. The molecule has 1 saturated heterocycles. The molecular weight excluding hydrogens is 411 g/mol. The van der Waals surface area contributed by atoms with Gasteiger partial charge in [0.25, 0.3) is 0 Å². The number of rotatable bonds is 7. The lowest BCUT2D eigenvalue weighted by molar-refractivity contribution is -0.120. The molecule has 1 N–H and O–H groups in total. The summed E-state index contributed by atoms with van der Waals surface area (Å²) in [6, 6.07) is 10.4. The van der Waals surface area contributed by atoms with Crippen molar-refractivity contribution in [2.45, 2.75) is 18.6 Å². The molecule has 0 radical (unpaired) electrons. The summed E-state index contributed by atoms with van der Waals surface area (Å²) in [6.07, 6.45) is 1.19. The van der Waals surface area contributed by atoms with Gasteiger partial charge in [-0.2, -0.15) is 0 Å². The number of halogens is 1. The maximum atomic E-state index is 13.1. The molecule has 1 fully saturated rings. The summed E-state index contributed by atoms with van der Waals surface area (Å²) < 4.78 is 50.4. The monoisotopic (exact) mass is 436 g/mol. The third-order valence-electron chi connectivity index (χ3n) is 5.06. The Morgan fingerprint density at radius 3 is 2.50 bits per heavy atom. The number of ether oxygens (including phenoxy) is 2. The Bertz CT molecular complexity index is 995. The number of hydrogen-bond acceptors (Lipinski definition) is 5. The van der Waals surface area contributed by atoms with Crippen molar-refractivity contribution >= 4 is 21.6 Å². The first kappa shape index (κ1) is 22.0. The van der Waals surface area contributed by atoms with E-state index in [1.54, 1.807) is 18.2 Å². The molecule has 0 saturated carbocycles. The highest BCUT2D eigenvalue weighted by molar-refractivity contribution is 7.88. The zero-order chi connectivity index (χ0) is 21.7. The average Bonchev–Trinajstić information content (AvgIpc) is 2.75. The smallest absolute Gasteiger partial charge is 0.228 e. The fraction of sp³-hybridized carbons (Fsp3) is 0.381. The van der Waals surface area contributed by atoms with Crippen LogP contribution in [0.2, 0.25) is 0 Å².